The molecule has 4 amide bonds. The molecule has 2 N–H and O–H groups in total. The summed E-state index contributed by atoms with van der Waals surface area (Å²) in [5, 5.41) is 5.01. The number of amides is 4. The fraction of sp³-hybridized carbons (Fsp3) is 0.286. The lowest BCUT2D eigenvalue weighted by molar-refractivity contribution is -0.126. The molecule has 0 unspecified atom stereocenters. The maximum Gasteiger partial charge on any atom is 0.327 e. The van der Waals surface area contributed by atoms with Crippen molar-refractivity contribution in [2.24, 2.45) is 0 Å². The van der Waals surface area contributed by atoms with Crippen molar-refractivity contribution in [2.75, 3.05) is 45.6 Å². The Bertz CT molecular complexity index is 2410. The second-order valence-corrected chi connectivity index (χ2v) is 16.2. The van der Waals surface area contributed by atoms with E-state index in [4.69, 9.17) is 0 Å². The first-order valence-corrected chi connectivity index (χ1v) is 20.9. The van der Waals surface area contributed by atoms with Gasteiger partial charge in [0.25, 0.3) is 0 Å². The van der Waals surface area contributed by atoms with Gasteiger partial charge in [0.1, 0.15) is 60.1 Å². The number of hydrogen-bond acceptors (Lipinski definition) is 10. The molecule has 330 valence electrons. The Balaban J connectivity index is 1.23. The molecule has 21 heteroatoms. The van der Waals surface area contributed by atoms with E-state index >= 15 is 0 Å². The van der Waals surface area contributed by atoms with Crippen molar-refractivity contribution in [1.29, 1.82) is 0 Å². The lowest BCUT2D eigenvalue weighted by atomic mass is 10.0. The number of carbonyl (C=O) groups excluding carboxylic acids is 4. The second kappa shape index (κ2) is 19.3. The zero-order valence-electron chi connectivity index (χ0n) is 34.4. The summed E-state index contributed by atoms with van der Waals surface area (Å²) in [5.74, 6) is -6.17. The van der Waals surface area contributed by atoms with E-state index in [1.807, 2.05) is 13.8 Å². The molecule has 0 saturated carbocycles. The van der Waals surface area contributed by atoms with Crippen LogP contribution in [0, 0.1) is 23.3 Å². The third-order valence-electron chi connectivity index (χ3n) is 9.99. The summed E-state index contributed by atoms with van der Waals surface area (Å²) in [5.41, 5.74) is 0.483. The van der Waals surface area contributed by atoms with Gasteiger partial charge >= 0.3 is 10.2 Å². The molecule has 2 aromatic heterocycles. The summed E-state index contributed by atoms with van der Waals surface area (Å²) in [7, 11) is -1.98. The van der Waals surface area contributed by atoms with Crippen LogP contribution in [0.15, 0.2) is 85.5 Å². The van der Waals surface area contributed by atoms with Crippen molar-refractivity contribution >= 4 is 56.6 Å². The number of aryl methyl sites for hydroxylation is 2. The third-order valence-corrected chi connectivity index (χ3v) is 11.8. The topological polar surface area (TPSA) is 191 Å². The van der Waals surface area contributed by atoms with Crippen LogP contribution in [0.3, 0.4) is 0 Å². The molecule has 0 fully saturated rings. The number of carbonyl (C=O) groups is 4. The molecule has 3 heterocycles. The Morgan fingerprint density at radius 2 is 0.937 bits per heavy atom. The van der Waals surface area contributed by atoms with Crippen LogP contribution in [0.25, 0.3) is 0 Å². The van der Waals surface area contributed by atoms with Crippen molar-refractivity contribution < 1.29 is 45.2 Å². The van der Waals surface area contributed by atoms with Gasteiger partial charge in [-0.15, -0.1) is 0 Å². The lowest BCUT2D eigenvalue weighted by Gasteiger charge is -2.27. The highest BCUT2D eigenvalue weighted by molar-refractivity contribution is 7.94. The molecule has 0 aliphatic carbocycles. The summed E-state index contributed by atoms with van der Waals surface area (Å²) in [6.07, 6.45) is 5.80. The van der Waals surface area contributed by atoms with Crippen LogP contribution >= 0.6 is 0 Å². The van der Waals surface area contributed by atoms with E-state index in [-0.39, 0.29) is 33.9 Å². The average Bonchev–Trinajstić information content (AvgIpc) is 3.45. The lowest BCUT2D eigenvalue weighted by Crippen LogP contribution is -2.53. The Kier molecular flexibility index (Phi) is 14.0. The number of likely N-dealkylation sites (N-methyl/N-ethyl adjacent to an activating group) is 2. The first-order valence-electron chi connectivity index (χ1n) is 19.5. The van der Waals surface area contributed by atoms with E-state index < -0.39 is 95.1 Å². The Morgan fingerprint density at radius 1 is 0.603 bits per heavy atom. The van der Waals surface area contributed by atoms with Gasteiger partial charge in [-0.25, -0.2) is 46.1 Å². The van der Waals surface area contributed by atoms with Gasteiger partial charge < -0.3 is 20.4 Å². The molecule has 0 bridgehead atoms. The van der Waals surface area contributed by atoms with Gasteiger partial charge in [0.15, 0.2) is 0 Å². The minimum atomic E-state index is -4.74. The maximum absolute atomic E-state index is 14.2. The number of hydrogen-bond donors (Lipinski definition) is 2. The Morgan fingerprint density at radius 3 is 1.25 bits per heavy atom. The van der Waals surface area contributed by atoms with Crippen molar-refractivity contribution in [2.45, 2.75) is 51.6 Å². The molecule has 1 aliphatic rings. The summed E-state index contributed by atoms with van der Waals surface area (Å²) in [6.45, 7) is 1.86. The number of benzene rings is 3. The van der Waals surface area contributed by atoms with Gasteiger partial charge in [0.2, 0.25) is 23.6 Å². The van der Waals surface area contributed by atoms with E-state index in [1.54, 1.807) is 0 Å². The van der Waals surface area contributed by atoms with Crippen molar-refractivity contribution in [3.8, 4) is 0 Å². The SMILES string of the molecule is CCc1ncc(N(C)C(=O)[C@H](Cc2cc(F)cc(F)c2)NC(=O)CN2c3ccccc3N(CC(=O)N[C@@H](Cc3cc(F)cc(F)c3)C(=O)N(C)c3cnc(CC)nc3)S2(=O)=O)cn1. The summed E-state index contributed by atoms with van der Waals surface area (Å²) >= 11 is 0. The zero-order valence-corrected chi connectivity index (χ0v) is 35.2. The highest BCUT2D eigenvalue weighted by atomic mass is 32.2. The van der Waals surface area contributed by atoms with Gasteiger partial charge in [-0.1, -0.05) is 26.0 Å². The molecule has 0 spiro atoms. The van der Waals surface area contributed by atoms with Crippen LogP contribution in [0.1, 0.15) is 36.6 Å². The van der Waals surface area contributed by atoms with E-state index in [1.165, 1.54) is 63.1 Å². The molecule has 3 aromatic carbocycles. The predicted octanol–water partition coefficient (Wildman–Crippen LogP) is 3.60. The normalized spacial score (nSPS) is 13.8. The largest absolute Gasteiger partial charge is 0.342 e. The van der Waals surface area contributed by atoms with Crippen LogP contribution in [-0.2, 0) is 55.1 Å². The number of halogens is 4. The summed E-state index contributed by atoms with van der Waals surface area (Å²) in [6, 6.07) is 8.04. The molecule has 0 radical (unpaired) electrons. The van der Waals surface area contributed by atoms with Gasteiger partial charge in [-0.3, -0.25) is 19.2 Å². The molecule has 5 aromatic rings. The van der Waals surface area contributed by atoms with E-state index in [2.05, 4.69) is 30.6 Å². The zero-order chi connectivity index (χ0) is 45.6. The highest BCUT2D eigenvalue weighted by Crippen LogP contribution is 2.40. The fourth-order valence-corrected chi connectivity index (χ4v) is 8.39. The van der Waals surface area contributed by atoms with E-state index in [9.17, 15) is 45.2 Å². The number of para-hydroxylation sites is 2. The second-order valence-electron chi connectivity index (χ2n) is 14.4. The molecular weight excluding hydrogens is 849 g/mol. The number of aromatic nitrogens is 4. The van der Waals surface area contributed by atoms with Crippen molar-refractivity contribution in [3.05, 3.63) is 131 Å². The molecule has 2 atom stereocenters. The number of nitrogens with zero attached hydrogens (tertiary/aromatic N) is 8. The summed E-state index contributed by atoms with van der Waals surface area (Å²) < 4.78 is 86.8. The first-order chi connectivity index (χ1) is 30.0. The molecule has 63 heavy (non-hydrogen) atoms. The average molecular weight is 891 g/mol. The molecular formula is C42H42F4N10O6S. The quantitative estimate of drug-likeness (QED) is 0.139. The Hall–Kier alpha value is -7.03. The Labute approximate surface area is 360 Å². The minimum absolute atomic E-state index is 0.0149. The first kappa shape index (κ1) is 45.5. The van der Waals surface area contributed by atoms with Crippen LogP contribution < -0.4 is 29.0 Å². The van der Waals surface area contributed by atoms with Crippen molar-refractivity contribution in [1.82, 2.24) is 30.6 Å². The van der Waals surface area contributed by atoms with Gasteiger partial charge in [-0.05, 0) is 47.5 Å². The number of anilines is 4. The van der Waals surface area contributed by atoms with Crippen LogP contribution in [0.2, 0.25) is 0 Å². The van der Waals surface area contributed by atoms with Crippen LogP contribution in [0.5, 0.6) is 0 Å². The van der Waals surface area contributed by atoms with Crippen LogP contribution in [0.4, 0.5) is 40.3 Å². The molecule has 6 rings (SSSR count). The van der Waals surface area contributed by atoms with Crippen LogP contribution in [-0.4, -0.2) is 91.3 Å². The third kappa shape index (κ3) is 10.7. The maximum atomic E-state index is 14.2. The minimum Gasteiger partial charge on any atom is -0.342 e. The van der Waals surface area contributed by atoms with Gasteiger partial charge in [0, 0.05) is 51.9 Å². The van der Waals surface area contributed by atoms with Gasteiger partial charge in [-0.2, -0.15) is 8.42 Å². The predicted molar refractivity (Wildman–Crippen MR) is 224 cm³/mol. The standard InChI is InChI=1S/C42H42F4N10O6S/c1-5-37-47-19-31(20-48-37)53(3)41(59)33(15-25-11-27(43)17-28(44)12-25)51-39(57)23-55-35-9-7-8-10-36(35)56(63(55,61)62)24-40(58)52-34(16-26-13-29(45)18-30(46)14-26)42(60)54(4)32-21-49-38(6-2)50-22-32/h7-14,17-22,33-34H,5-6,15-16,23-24H2,1-4H3,(H,51,57)(H,52,58)/t33-,34-/m0/s1. The highest BCUT2D eigenvalue weighted by Gasteiger charge is 2.43. The van der Waals surface area contributed by atoms with E-state index in [0.29, 0.717) is 45.2 Å². The smallest absolute Gasteiger partial charge is 0.327 e. The molecule has 1 aliphatic heterocycles. The number of fused-ring (bicyclic) bond motifs is 1. The molecule has 16 nitrogen and oxygen atoms in total. The molecule has 0 saturated heterocycles. The van der Waals surface area contributed by atoms with E-state index in [0.717, 1.165) is 34.1 Å². The number of rotatable bonds is 16. The number of nitrogens with one attached hydrogen (secondary N) is 2. The van der Waals surface area contributed by atoms with Gasteiger partial charge in [0.05, 0.1) is 47.5 Å². The fourth-order valence-electron chi connectivity index (χ4n) is 6.79. The summed E-state index contributed by atoms with van der Waals surface area (Å²) in [4.78, 5) is 74.4. The van der Waals surface area contributed by atoms with Crippen molar-refractivity contribution in [3.63, 3.8) is 0 Å². The monoisotopic (exact) mass is 890 g/mol.